The minimum absolute atomic E-state index is 0. The zero-order chi connectivity index (χ0) is 16.4. The third-order valence-electron chi connectivity index (χ3n) is 4.67. The molecule has 0 aliphatic heterocycles. The van der Waals surface area contributed by atoms with Gasteiger partial charge in [-0.1, -0.05) is 25.3 Å². The number of halogens is 1. The van der Waals surface area contributed by atoms with Crippen molar-refractivity contribution in [3.8, 4) is 0 Å². The summed E-state index contributed by atoms with van der Waals surface area (Å²) in [5, 5.41) is 8.79. The average Bonchev–Trinajstić information content (AvgIpc) is 2.96. The Bertz CT molecular complexity index is 709. The number of aromatic nitrogens is 3. The Morgan fingerprint density at radius 3 is 2.62 bits per heavy atom. The van der Waals surface area contributed by atoms with Crippen molar-refractivity contribution < 1.29 is 4.79 Å². The number of hydrogen-bond acceptors (Lipinski definition) is 4. The molecule has 1 aromatic heterocycles. The van der Waals surface area contributed by atoms with Gasteiger partial charge in [0.15, 0.2) is 0 Å². The minimum atomic E-state index is -0.430. The molecular weight excluding hydrogens is 326 g/mol. The highest BCUT2D eigenvalue weighted by molar-refractivity contribution is 5.93. The molecule has 1 saturated carbocycles. The highest BCUT2D eigenvalue weighted by Gasteiger charge is 2.23. The van der Waals surface area contributed by atoms with E-state index in [0.29, 0.717) is 11.5 Å². The SMILES string of the molecule is CN(c1cccc(C(N)=O)c1)c1nnc(C2CCCCC2)n1C.Cl. The van der Waals surface area contributed by atoms with Gasteiger partial charge in [-0.05, 0) is 31.0 Å². The molecule has 6 nitrogen and oxygen atoms in total. The third kappa shape index (κ3) is 3.53. The zero-order valence-corrected chi connectivity index (χ0v) is 14.9. The van der Waals surface area contributed by atoms with Gasteiger partial charge in [-0.25, -0.2) is 0 Å². The van der Waals surface area contributed by atoms with E-state index in [0.717, 1.165) is 17.5 Å². The second kappa shape index (κ2) is 7.66. The second-order valence-corrected chi connectivity index (χ2v) is 6.23. The Hall–Kier alpha value is -2.08. The number of nitrogens with two attached hydrogens (primary N) is 1. The van der Waals surface area contributed by atoms with E-state index in [2.05, 4.69) is 14.8 Å². The first-order valence-corrected chi connectivity index (χ1v) is 8.11. The molecule has 1 heterocycles. The van der Waals surface area contributed by atoms with Crippen LogP contribution in [-0.4, -0.2) is 27.7 Å². The average molecular weight is 350 g/mol. The number of benzene rings is 1. The molecule has 24 heavy (non-hydrogen) atoms. The van der Waals surface area contributed by atoms with E-state index in [4.69, 9.17) is 5.73 Å². The summed E-state index contributed by atoms with van der Waals surface area (Å²) in [6, 6.07) is 7.24. The van der Waals surface area contributed by atoms with Crippen LogP contribution in [0.4, 0.5) is 11.6 Å². The van der Waals surface area contributed by atoms with Gasteiger partial charge in [0.25, 0.3) is 0 Å². The van der Waals surface area contributed by atoms with E-state index >= 15 is 0 Å². The van der Waals surface area contributed by atoms with E-state index in [1.807, 2.05) is 31.1 Å². The van der Waals surface area contributed by atoms with Crippen LogP contribution < -0.4 is 10.6 Å². The first-order valence-electron chi connectivity index (χ1n) is 8.11. The number of amides is 1. The number of anilines is 2. The van der Waals surface area contributed by atoms with Crippen LogP contribution in [0.3, 0.4) is 0 Å². The molecule has 0 saturated heterocycles. The molecule has 0 radical (unpaired) electrons. The van der Waals surface area contributed by atoms with Gasteiger partial charge in [0.05, 0.1) is 0 Å². The van der Waals surface area contributed by atoms with Crippen LogP contribution in [0.15, 0.2) is 24.3 Å². The van der Waals surface area contributed by atoms with Crippen molar-refractivity contribution in [3.63, 3.8) is 0 Å². The Morgan fingerprint density at radius 1 is 1.25 bits per heavy atom. The van der Waals surface area contributed by atoms with E-state index in [1.165, 1.54) is 32.1 Å². The summed E-state index contributed by atoms with van der Waals surface area (Å²) >= 11 is 0. The fraction of sp³-hybridized carbons (Fsp3) is 0.471. The highest BCUT2D eigenvalue weighted by Crippen LogP contribution is 2.33. The monoisotopic (exact) mass is 349 g/mol. The lowest BCUT2D eigenvalue weighted by Crippen LogP contribution is -2.18. The van der Waals surface area contributed by atoms with E-state index in [-0.39, 0.29) is 12.4 Å². The van der Waals surface area contributed by atoms with Crippen molar-refractivity contribution in [3.05, 3.63) is 35.7 Å². The largest absolute Gasteiger partial charge is 0.366 e. The molecular formula is C17H24ClN5O. The molecule has 1 fully saturated rings. The van der Waals surface area contributed by atoms with Crippen LogP contribution in [0.25, 0.3) is 0 Å². The lowest BCUT2D eigenvalue weighted by molar-refractivity contribution is 0.100. The summed E-state index contributed by atoms with van der Waals surface area (Å²) in [6.45, 7) is 0. The van der Waals surface area contributed by atoms with Gasteiger partial charge in [-0.15, -0.1) is 22.6 Å². The van der Waals surface area contributed by atoms with Gasteiger partial charge in [0, 0.05) is 31.3 Å². The standard InChI is InChI=1S/C17H23N5O.ClH/c1-21(14-10-6-9-13(11-14)15(18)23)17-20-19-16(22(17)2)12-7-4-3-5-8-12;/h6,9-12H,3-5,7-8H2,1-2H3,(H2,18,23);1H. The summed E-state index contributed by atoms with van der Waals surface area (Å²) in [7, 11) is 3.93. The molecule has 1 amide bonds. The fourth-order valence-corrected chi connectivity index (χ4v) is 3.32. The predicted octanol–water partition coefficient (Wildman–Crippen LogP) is 3.15. The number of primary amides is 1. The van der Waals surface area contributed by atoms with Gasteiger partial charge in [0.2, 0.25) is 11.9 Å². The third-order valence-corrected chi connectivity index (χ3v) is 4.67. The zero-order valence-electron chi connectivity index (χ0n) is 14.1. The lowest BCUT2D eigenvalue weighted by atomic mass is 9.89. The summed E-state index contributed by atoms with van der Waals surface area (Å²) in [6.07, 6.45) is 6.23. The number of rotatable bonds is 4. The maximum absolute atomic E-state index is 11.4. The predicted molar refractivity (Wildman–Crippen MR) is 97.1 cm³/mol. The van der Waals surface area contributed by atoms with E-state index < -0.39 is 5.91 Å². The van der Waals surface area contributed by atoms with Crippen molar-refractivity contribution in [2.24, 2.45) is 12.8 Å². The van der Waals surface area contributed by atoms with Crippen molar-refractivity contribution in [2.45, 2.75) is 38.0 Å². The Kier molecular flexibility index (Phi) is 5.83. The molecule has 2 aromatic rings. The summed E-state index contributed by atoms with van der Waals surface area (Å²) < 4.78 is 2.06. The van der Waals surface area contributed by atoms with Crippen molar-refractivity contribution in [2.75, 3.05) is 11.9 Å². The molecule has 0 bridgehead atoms. The second-order valence-electron chi connectivity index (χ2n) is 6.23. The first-order chi connectivity index (χ1) is 11.1. The Labute approximate surface area is 148 Å². The van der Waals surface area contributed by atoms with Crippen LogP contribution in [0, 0.1) is 0 Å². The smallest absolute Gasteiger partial charge is 0.248 e. The first kappa shape index (κ1) is 18.3. The number of hydrogen-bond donors (Lipinski definition) is 1. The molecule has 1 aromatic carbocycles. The van der Waals surface area contributed by atoms with E-state index in [9.17, 15) is 4.79 Å². The van der Waals surface area contributed by atoms with Crippen molar-refractivity contribution >= 4 is 29.9 Å². The molecule has 0 atom stereocenters. The van der Waals surface area contributed by atoms with Crippen LogP contribution in [-0.2, 0) is 7.05 Å². The van der Waals surface area contributed by atoms with Gasteiger partial charge >= 0.3 is 0 Å². The molecule has 1 aliphatic carbocycles. The molecule has 3 rings (SSSR count). The molecule has 2 N–H and O–H groups in total. The van der Waals surface area contributed by atoms with Crippen LogP contribution in [0.1, 0.15) is 54.2 Å². The van der Waals surface area contributed by atoms with Gasteiger partial charge in [0.1, 0.15) is 5.82 Å². The van der Waals surface area contributed by atoms with Gasteiger partial charge < -0.3 is 10.6 Å². The van der Waals surface area contributed by atoms with Gasteiger partial charge in [-0.2, -0.15) is 0 Å². The number of nitrogens with zero attached hydrogens (tertiary/aromatic N) is 4. The topological polar surface area (TPSA) is 77.0 Å². The van der Waals surface area contributed by atoms with Crippen molar-refractivity contribution in [1.82, 2.24) is 14.8 Å². The normalized spacial score (nSPS) is 14.9. The molecule has 7 heteroatoms. The molecule has 0 unspecified atom stereocenters. The molecule has 0 spiro atoms. The highest BCUT2D eigenvalue weighted by atomic mass is 35.5. The number of carbonyl (C=O) groups is 1. The minimum Gasteiger partial charge on any atom is -0.366 e. The Morgan fingerprint density at radius 2 is 1.96 bits per heavy atom. The van der Waals surface area contributed by atoms with Gasteiger partial charge in [-0.3, -0.25) is 9.36 Å². The summed E-state index contributed by atoms with van der Waals surface area (Å²) in [5.74, 6) is 1.89. The molecule has 130 valence electrons. The van der Waals surface area contributed by atoms with Crippen molar-refractivity contribution in [1.29, 1.82) is 0 Å². The lowest BCUT2D eigenvalue weighted by Gasteiger charge is -2.22. The van der Waals surface area contributed by atoms with E-state index in [1.54, 1.807) is 12.1 Å². The maximum atomic E-state index is 11.4. The number of carbonyl (C=O) groups excluding carboxylic acids is 1. The molecule has 1 aliphatic rings. The Balaban J connectivity index is 0.00000208. The van der Waals surface area contributed by atoms with Crippen LogP contribution >= 0.6 is 12.4 Å². The van der Waals surface area contributed by atoms with Crippen LogP contribution in [0.5, 0.6) is 0 Å². The maximum Gasteiger partial charge on any atom is 0.248 e. The van der Waals surface area contributed by atoms with Crippen LogP contribution in [0.2, 0.25) is 0 Å². The fourth-order valence-electron chi connectivity index (χ4n) is 3.32. The quantitative estimate of drug-likeness (QED) is 0.919. The summed E-state index contributed by atoms with van der Waals surface area (Å²) in [4.78, 5) is 13.3. The summed E-state index contributed by atoms with van der Waals surface area (Å²) in [5.41, 5.74) is 6.72.